The lowest BCUT2D eigenvalue weighted by Gasteiger charge is -2.26. The fraction of sp³-hybridized carbons (Fsp3) is 0.875. The number of ether oxygens (including phenoxy) is 1. The van der Waals surface area contributed by atoms with Crippen LogP contribution in [0, 0.1) is 17.8 Å². The molecule has 0 fully saturated rings. The molecule has 136 valence electrons. The van der Waals surface area contributed by atoms with E-state index < -0.39 is 25.9 Å². The number of halogens is 1. The zero-order chi connectivity index (χ0) is 18.4. The van der Waals surface area contributed by atoms with Gasteiger partial charge in [-0.1, -0.05) is 39.3 Å². The number of rotatable bonds is 9. The zero-order valence-corrected chi connectivity index (χ0v) is 17.1. The minimum absolute atomic E-state index is 0.00628. The Hall–Kier alpha value is -0.593. The Morgan fingerprint density at radius 2 is 1.65 bits per heavy atom. The third-order valence-corrected chi connectivity index (χ3v) is 4.59. The van der Waals surface area contributed by atoms with E-state index in [0.717, 1.165) is 0 Å². The fourth-order valence-electron chi connectivity index (χ4n) is 2.08. The van der Waals surface area contributed by atoms with Gasteiger partial charge >= 0.3 is 5.97 Å². The second-order valence-corrected chi connectivity index (χ2v) is 12.6. The Morgan fingerprint density at radius 1 is 1.13 bits per heavy atom. The van der Waals surface area contributed by atoms with Crippen LogP contribution in [-0.4, -0.2) is 31.9 Å². The maximum Gasteiger partial charge on any atom is 0.324 e. The quantitative estimate of drug-likeness (QED) is 0.384. The molecule has 0 aliphatic carbocycles. The van der Waals surface area contributed by atoms with Crippen molar-refractivity contribution in [1.82, 2.24) is 0 Å². The average Bonchev–Trinajstić information content (AvgIpc) is 2.33. The molecule has 0 spiro atoms. The van der Waals surface area contributed by atoms with Crippen molar-refractivity contribution in [3.63, 3.8) is 0 Å². The number of carbonyl (C=O) groups is 2. The van der Waals surface area contributed by atoms with Crippen LogP contribution in [0.2, 0.25) is 19.6 Å². The van der Waals surface area contributed by atoms with Gasteiger partial charge in [0.2, 0.25) is 8.32 Å². The van der Waals surface area contributed by atoms with Gasteiger partial charge in [0.1, 0.15) is 6.04 Å². The highest BCUT2D eigenvalue weighted by atomic mass is 35.5. The molecule has 0 aromatic carbocycles. The molecule has 2 N–H and O–H groups in total. The lowest BCUT2D eigenvalue weighted by molar-refractivity contribution is -0.150. The summed E-state index contributed by atoms with van der Waals surface area (Å²) in [5.41, 5.74) is 5.32. The number of hydrogen-bond donors (Lipinski definition) is 1. The summed E-state index contributed by atoms with van der Waals surface area (Å²) in [6, 6.07) is -0.883. The van der Waals surface area contributed by atoms with Crippen LogP contribution in [-0.2, 0) is 18.8 Å². The van der Waals surface area contributed by atoms with Gasteiger partial charge in [-0.15, -0.1) is 0 Å². The predicted molar refractivity (Wildman–Crippen MR) is 95.5 cm³/mol. The van der Waals surface area contributed by atoms with Gasteiger partial charge in [0, 0.05) is 12.3 Å². The maximum absolute atomic E-state index is 12.2. The van der Waals surface area contributed by atoms with Gasteiger partial charge in [-0.2, -0.15) is 0 Å². The SMILES string of the molecule is CC(C)CC(CC(=O)O[Si](C)(C)C)C(N)C(=O)OC(Cl)C(C)C. The predicted octanol–water partition coefficient (Wildman–Crippen LogP) is 3.51. The van der Waals surface area contributed by atoms with Crippen LogP contribution in [0.25, 0.3) is 0 Å². The largest absolute Gasteiger partial charge is 0.520 e. The molecule has 0 radical (unpaired) electrons. The van der Waals surface area contributed by atoms with Crippen molar-refractivity contribution in [2.75, 3.05) is 0 Å². The van der Waals surface area contributed by atoms with E-state index in [2.05, 4.69) is 0 Å². The molecule has 0 heterocycles. The lowest BCUT2D eigenvalue weighted by Crippen LogP contribution is -2.43. The Balaban J connectivity index is 4.87. The summed E-state index contributed by atoms with van der Waals surface area (Å²) in [6.07, 6.45) is 0.763. The van der Waals surface area contributed by atoms with Gasteiger partial charge < -0.3 is 14.9 Å². The molecule has 0 aliphatic rings. The van der Waals surface area contributed by atoms with Gasteiger partial charge in [0.15, 0.2) is 5.56 Å². The number of esters is 1. The first kappa shape index (κ1) is 22.4. The molecule has 0 saturated carbocycles. The molecule has 3 unspecified atom stereocenters. The Bertz CT molecular complexity index is 396. The summed E-state index contributed by atoms with van der Waals surface area (Å²) in [6.45, 7) is 13.6. The number of alkyl halides is 1. The highest BCUT2D eigenvalue weighted by Crippen LogP contribution is 2.22. The number of carbonyl (C=O) groups excluding carboxylic acids is 2. The van der Waals surface area contributed by atoms with E-state index >= 15 is 0 Å². The van der Waals surface area contributed by atoms with Crippen LogP contribution in [0.1, 0.15) is 40.5 Å². The molecule has 7 heteroatoms. The van der Waals surface area contributed by atoms with Crippen molar-refractivity contribution in [2.45, 2.75) is 71.8 Å². The molecular weight excluding hydrogens is 334 g/mol. The summed E-state index contributed by atoms with van der Waals surface area (Å²) in [7, 11) is -1.96. The van der Waals surface area contributed by atoms with E-state index in [1.165, 1.54) is 0 Å². The standard InChI is InChI=1S/C16H32ClNO4Si/c1-10(2)8-12(9-13(19)22-23(5,6)7)14(18)16(20)21-15(17)11(3)4/h10-12,14-15H,8-9,18H2,1-7H3. The van der Waals surface area contributed by atoms with Crippen molar-refractivity contribution in [1.29, 1.82) is 0 Å². The first-order valence-electron chi connectivity index (χ1n) is 8.15. The van der Waals surface area contributed by atoms with E-state index in [1.807, 2.05) is 47.3 Å². The van der Waals surface area contributed by atoms with E-state index in [0.29, 0.717) is 12.3 Å². The van der Waals surface area contributed by atoms with E-state index in [9.17, 15) is 9.59 Å². The molecule has 0 amide bonds. The summed E-state index contributed by atoms with van der Waals surface area (Å²) in [5.74, 6) is -0.888. The summed E-state index contributed by atoms with van der Waals surface area (Å²) in [4.78, 5) is 24.3. The maximum atomic E-state index is 12.2. The third-order valence-electron chi connectivity index (χ3n) is 3.16. The molecule has 0 bridgehead atoms. The Labute approximate surface area is 146 Å². The minimum Gasteiger partial charge on any atom is -0.520 e. The van der Waals surface area contributed by atoms with Crippen molar-refractivity contribution in [3.8, 4) is 0 Å². The van der Waals surface area contributed by atoms with Gasteiger partial charge in [0.05, 0.1) is 0 Å². The molecule has 5 nitrogen and oxygen atoms in total. The van der Waals surface area contributed by atoms with Gasteiger partial charge in [-0.25, -0.2) is 0 Å². The Kier molecular flexibility index (Phi) is 9.39. The summed E-state index contributed by atoms with van der Waals surface area (Å²) >= 11 is 5.97. The average molecular weight is 366 g/mol. The van der Waals surface area contributed by atoms with Crippen LogP contribution in [0.3, 0.4) is 0 Å². The number of nitrogens with two attached hydrogens (primary N) is 1. The first-order valence-corrected chi connectivity index (χ1v) is 12.0. The first-order chi connectivity index (χ1) is 10.3. The third kappa shape index (κ3) is 9.99. The van der Waals surface area contributed by atoms with Crippen molar-refractivity contribution in [3.05, 3.63) is 0 Å². The second kappa shape index (κ2) is 9.64. The van der Waals surface area contributed by atoms with Gasteiger partial charge in [-0.05, 0) is 37.9 Å². The second-order valence-electron chi connectivity index (χ2n) is 7.74. The zero-order valence-electron chi connectivity index (χ0n) is 15.4. The van der Waals surface area contributed by atoms with E-state index in [1.54, 1.807) is 0 Å². The van der Waals surface area contributed by atoms with Crippen molar-refractivity contribution >= 4 is 31.9 Å². The molecule has 3 atom stereocenters. The number of hydrogen-bond acceptors (Lipinski definition) is 5. The molecule has 0 aromatic rings. The topological polar surface area (TPSA) is 78.6 Å². The molecule has 0 aliphatic heterocycles. The van der Waals surface area contributed by atoms with Gasteiger partial charge in [-0.3, -0.25) is 9.59 Å². The fourth-order valence-corrected chi connectivity index (χ4v) is 2.93. The van der Waals surface area contributed by atoms with Crippen LogP contribution in [0.5, 0.6) is 0 Å². The van der Waals surface area contributed by atoms with Crippen LogP contribution >= 0.6 is 11.6 Å². The van der Waals surface area contributed by atoms with Crippen molar-refractivity contribution < 1.29 is 18.8 Å². The summed E-state index contributed by atoms with van der Waals surface area (Å²) in [5, 5.41) is 0. The molecule has 23 heavy (non-hydrogen) atoms. The van der Waals surface area contributed by atoms with Crippen LogP contribution < -0.4 is 5.73 Å². The normalized spacial score (nSPS) is 16.1. The monoisotopic (exact) mass is 365 g/mol. The summed E-state index contributed by atoms with van der Waals surface area (Å²) < 4.78 is 10.6. The molecule has 0 saturated heterocycles. The smallest absolute Gasteiger partial charge is 0.324 e. The van der Waals surface area contributed by atoms with E-state index in [-0.39, 0.29) is 24.2 Å². The Morgan fingerprint density at radius 3 is 2.04 bits per heavy atom. The lowest BCUT2D eigenvalue weighted by atomic mass is 9.88. The highest BCUT2D eigenvalue weighted by Gasteiger charge is 2.32. The van der Waals surface area contributed by atoms with Crippen molar-refractivity contribution in [2.24, 2.45) is 23.5 Å². The molecular formula is C16H32ClNO4Si. The van der Waals surface area contributed by atoms with Gasteiger partial charge in [0.25, 0.3) is 5.97 Å². The molecule has 0 aromatic heterocycles. The molecule has 0 rings (SSSR count). The van der Waals surface area contributed by atoms with Crippen LogP contribution in [0.4, 0.5) is 0 Å². The highest BCUT2D eigenvalue weighted by molar-refractivity contribution is 6.71. The van der Waals surface area contributed by atoms with Crippen LogP contribution in [0.15, 0.2) is 0 Å². The van der Waals surface area contributed by atoms with E-state index in [4.69, 9.17) is 26.5 Å². The minimum atomic E-state index is -1.96.